The molecular weight excluding hydrogens is 204 g/mol. The summed E-state index contributed by atoms with van der Waals surface area (Å²) in [6.45, 7) is 1.75. The molecule has 1 aromatic carbocycles. The van der Waals surface area contributed by atoms with Crippen LogP contribution in [0, 0.1) is 6.92 Å². The molecule has 14 heavy (non-hydrogen) atoms. The van der Waals surface area contributed by atoms with E-state index in [2.05, 4.69) is 0 Å². The molecule has 0 amide bonds. The van der Waals surface area contributed by atoms with Crippen LogP contribution in [0.25, 0.3) is 11.0 Å². The predicted octanol–water partition coefficient (Wildman–Crippen LogP) is 3.09. The molecule has 4 heteroatoms. The summed E-state index contributed by atoms with van der Waals surface area (Å²) in [5, 5.41) is 9.87. The average molecular weight is 211 g/mol. The van der Waals surface area contributed by atoms with Crippen LogP contribution in [0.3, 0.4) is 0 Å². The zero-order valence-electron chi connectivity index (χ0n) is 7.37. The van der Waals surface area contributed by atoms with Gasteiger partial charge in [0.05, 0.1) is 10.6 Å². The third-order valence-electron chi connectivity index (χ3n) is 1.99. The molecule has 0 saturated heterocycles. The van der Waals surface area contributed by atoms with Gasteiger partial charge in [0, 0.05) is 5.39 Å². The van der Waals surface area contributed by atoms with Crippen molar-refractivity contribution in [2.45, 2.75) is 6.92 Å². The Bertz CT molecular complexity index is 513. The van der Waals surface area contributed by atoms with Crippen molar-refractivity contribution >= 4 is 28.5 Å². The highest BCUT2D eigenvalue weighted by molar-refractivity contribution is 6.35. The lowest BCUT2D eigenvalue weighted by Crippen LogP contribution is -1.95. The number of hydrogen-bond donors (Lipinski definition) is 1. The van der Waals surface area contributed by atoms with Crippen LogP contribution in [0.15, 0.2) is 22.6 Å². The molecular formula is C10H7ClO3. The van der Waals surface area contributed by atoms with Gasteiger partial charge in [0.25, 0.3) is 0 Å². The van der Waals surface area contributed by atoms with Gasteiger partial charge in [-0.25, -0.2) is 4.79 Å². The number of carboxylic acid groups (broad SMARTS) is 1. The molecule has 0 atom stereocenters. The summed E-state index contributed by atoms with van der Waals surface area (Å²) >= 11 is 5.86. The van der Waals surface area contributed by atoms with Crippen LogP contribution < -0.4 is 0 Å². The first-order chi connectivity index (χ1) is 6.59. The summed E-state index contributed by atoms with van der Waals surface area (Å²) in [6, 6.07) is 4.67. The van der Waals surface area contributed by atoms with Crippen molar-refractivity contribution in [3.8, 4) is 0 Å². The number of furan rings is 1. The highest BCUT2D eigenvalue weighted by Crippen LogP contribution is 2.29. The van der Waals surface area contributed by atoms with Gasteiger partial charge in [0.15, 0.2) is 5.58 Å². The minimum absolute atomic E-state index is 0.209. The summed E-state index contributed by atoms with van der Waals surface area (Å²) in [5.41, 5.74) is 0.644. The van der Waals surface area contributed by atoms with Gasteiger partial charge in [-0.15, -0.1) is 0 Å². The second-order valence-corrected chi connectivity index (χ2v) is 3.41. The van der Waals surface area contributed by atoms with Crippen molar-refractivity contribution < 1.29 is 14.3 Å². The van der Waals surface area contributed by atoms with Gasteiger partial charge in [0.1, 0.15) is 5.76 Å². The van der Waals surface area contributed by atoms with Crippen molar-refractivity contribution in [1.29, 1.82) is 0 Å². The van der Waals surface area contributed by atoms with Crippen molar-refractivity contribution in [3.63, 3.8) is 0 Å². The van der Waals surface area contributed by atoms with Crippen LogP contribution in [0.4, 0.5) is 0 Å². The maximum absolute atomic E-state index is 10.9. The molecule has 1 aromatic heterocycles. The van der Waals surface area contributed by atoms with E-state index in [1.807, 2.05) is 0 Å². The van der Waals surface area contributed by atoms with E-state index in [4.69, 9.17) is 21.1 Å². The molecule has 0 fully saturated rings. The standard InChI is InChI=1S/C10H7ClO3/c1-5-4-7-6(10(12)13)2-3-8(11)9(7)14-5/h2-4H,1H3,(H,12,13). The fraction of sp³-hybridized carbons (Fsp3) is 0.100. The van der Waals surface area contributed by atoms with Crippen molar-refractivity contribution in [3.05, 3.63) is 34.5 Å². The van der Waals surface area contributed by atoms with E-state index in [1.54, 1.807) is 13.0 Å². The fourth-order valence-electron chi connectivity index (χ4n) is 1.40. The summed E-state index contributed by atoms with van der Waals surface area (Å²) in [7, 11) is 0. The summed E-state index contributed by atoms with van der Waals surface area (Å²) in [4.78, 5) is 10.9. The first kappa shape index (κ1) is 9.09. The lowest BCUT2D eigenvalue weighted by atomic mass is 10.1. The normalized spacial score (nSPS) is 10.7. The van der Waals surface area contributed by atoms with Crippen LogP contribution in [0.5, 0.6) is 0 Å². The van der Waals surface area contributed by atoms with Crippen LogP contribution >= 0.6 is 11.6 Å². The number of halogens is 1. The molecule has 0 saturated carbocycles. The van der Waals surface area contributed by atoms with E-state index < -0.39 is 5.97 Å². The lowest BCUT2D eigenvalue weighted by Gasteiger charge is -1.96. The average Bonchev–Trinajstić information content (AvgIpc) is 2.47. The lowest BCUT2D eigenvalue weighted by molar-refractivity contribution is 0.0699. The van der Waals surface area contributed by atoms with Gasteiger partial charge >= 0.3 is 5.97 Å². The quantitative estimate of drug-likeness (QED) is 0.787. The molecule has 1 heterocycles. The Hall–Kier alpha value is -1.48. The molecule has 0 radical (unpaired) electrons. The van der Waals surface area contributed by atoms with E-state index in [0.717, 1.165) is 0 Å². The molecule has 2 rings (SSSR count). The first-order valence-electron chi connectivity index (χ1n) is 4.01. The SMILES string of the molecule is Cc1cc2c(C(=O)O)ccc(Cl)c2o1. The zero-order valence-corrected chi connectivity index (χ0v) is 8.13. The highest BCUT2D eigenvalue weighted by atomic mass is 35.5. The molecule has 0 aliphatic rings. The maximum Gasteiger partial charge on any atom is 0.336 e. The Kier molecular flexibility index (Phi) is 1.97. The Labute approximate surface area is 84.9 Å². The number of carboxylic acids is 1. The number of benzene rings is 1. The van der Waals surface area contributed by atoms with Gasteiger partial charge in [-0.1, -0.05) is 11.6 Å². The minimum atomic E-state index is -0.979. The smallest absolute Gasteiger partial charge is 0.336 e. The van der Waals surface area contributed by atoms with Crippen molar-refractivity contribution in [2.75, 3.05) is 0 Å². The molecule has 0 unspecified atom stereocenters. The van der Waals surface area contributed by atoms with Gasteiger partial charge in [-0.05, 0) is 25.1 Å². The molecule has 0 spiro atoms. The molecule has 1 N–H and O–H groups in total. The van der Waals surface area contributed by atoms with Crippen LogP contribution in [0.1, 0.15) is 16.1 Å². The molecule has 3 nitrogen and oxygen atoms in total. The molecule has 0 aliphatic carbocycles. The van der Waals surface area contributed by atoms with Crippen molar-refractivity contribution in [1.82, 2.24) is 0 Å². The minimum Gasteiger partial charge on any atom is -0.478 e. The second kappa shape index (κ2) is 3.03. The largest absolute Gasteiger partial charge is 0.478 e. The van der Waals surface area contributed by atoms with Crippen LogP contribution in [0.2, 0.25) is 5.02 Å². The van der Waals surface area contributed by atoms with Gasteiger partial charge in [-0.3, -0.25) is 0 Å². The van der Waals surface area contributed by atoms with E-state index in [1.165, 1.54) is 12.1 Å². The zero-order chi connectivity index (χ0) is 10.3. The molecule has 72 valence electrons. The summed E-state index contributed by atoms with van der Waals surface area (Å²) in [6.07, 6.45) is 0. The number of carbonyl (C=O) groups is 1. The summed E-state index contributed by atoms with van der Waals surface area (Å²) in [5.74, 6) is -0.330. The maximum atomic E-state index is 10.9. The number of fused-ring (bicyclic) bond motifs is 1. The van der Waals surface area contributed by atoms with E-state index in [9.17, 15) is 4.79 Å². The highest BCUT2D eigenvalue weighted by Gasteiger charge is 2.13. The van der Waals surface area contributed by atoms with Crippen LogP contribution in [-0.4, -0.2) is 11.1 Å². The number of aromatic carboxylic acids is 1. The number of hydrogen-bond acceptors (Lipinski definition) is 2. The van der Waals surface area contributed by atoms with Gasteiger partial charge < -0.3 is 9.52 Å². The fourth-order valence-corrected chi connectivity index (χ4v) is 1.60. The number of aryl methyl sites for hydroxylation is 1. The predicted molar refractivity (Wildman–Crippen MR) is 52.9 cm³/mol. The van der Waals surface area contributed by atoms with E-state index in [0.29, 0.717) is 21.8 Å². The van der Waals surface area contributed by atoms with Gasteiger partial charge in [0.2, 0.25) is 0 Å². The topological polar surface area (TPSA) is 50.4 Å². The Morgan fingerprint density at radius 1 is 1.50 bits per heavy atom. The molecule has 0 aliphatic heterocycles. The van der Waals surface area contributed by atoms with E-state index >= 15 is 0 Å². The first-order valence-corrected chi connectivity index (χ1v) is 4.39. The molecule has 0 bridgehead atoms. The van der Waals surface area contributed by atoms with E-state index in [-0.39, 0.29) is 5.56 Å². The third kappa shape index (κ3) is 1.26. The summed E-state index contributed by atoms with van der Waals surface area (Å²) < 4.78 is 5.29. The van der Waals surface area contributed by atoms with Gasteiger partial charge in [-0.2, -0.15) is 0 Å². The van der Waals surface area contributed by atoms with Crippen LogP contribution in [-0.2, 0) is 0 Å². The Balaban J connectivity index is 2.87. The Morgan fingerprint density at radius 3 is 2.86 bits per heavy atom. The molecule has 2 aromatic rings. The number of rotatable bonds is 1. The second-order valence-electron chi connectivity index (χ2n) is 3.00. The third-order valence-corrected chi connectivity index (χ3v) is 2.29. The monoisotopic (exact) mass is 210 g/mol. The van der Waals surface area contributed by atoms with Crippen molar-refractivity contribution in [2.24, 2.45) is 0 Å². The Morgan fingerprint density at radius 2 is 2.21 bits per heavy atom.